The molecule has 140 valence electrons. The van der Waals surface area contributed by atoms with Crippen LogP contribution in [0.2, 0.25) is 0 Å². The summed E-state index contributed by atoms with van der Waals surface area (Å²) in [6.45, 7) is 1.39. The summed E-state index contributed by atoms with van der Waals surface area (Å²) in [5, 5.41) is 0. The van der Waals surface area contributed by atoms with E-state index >= 15 is 0 Å². The molecule has 4 nitrogen and oxygen atoms in total. The molecule has 1 saturated carbocycles. The highest BCUT2D eigenvalue weighted by atomic mass is 19.1. The number of fused-ring (bicyclic) bond motifs is 1. The lowest BCUT2D eigenvalue weighted by Gasteiger charge is -2.38. The second-order valence-electron chi connectivity index (χ2n) is 7.88. The Kier molecular flexibility index (Phi) is 3.93. The molecule has 3 atom stereocenters. The first kappa shape index (κ1) is 16.8. The van der Waals surface area contributed by atoms with Gasteiger partial charge >= 0.3 is 0 Å². The van der Waals surface area contributed by atoms with Crippen LogP contribution in [-0.4, -0.2) is 35.7 Å². The highest BCUT2D eigenvalue weighted by Gasteiger charge is 2.47. The Morgan fingerprint density at radius 1 is 1.15 bits per heavy atom. The van der Waals surface area contributed by atoms with E-state index in [2.05, 4.69) is 29.2 Å². The van der Waals surface area contributed by atoms with Crippen molar-refractivity contribution in [2.45, 2.75) is 43.3 Å². The van der Waals surface area contributed by atoms with Gasteiger partial charge in [-0.05, 0) is 54.5 Å². The average Bonchev–Trinajstić information content (AvgIpc) is 3.28. The molecule has 0 amide bonds. The molecule has 1 spiro atoms. The van der Waals surface area contributed by atoms with Crippen molar-refractivity contribution in [3.05, 3.63) is 71.0 Å². The second-order valence-corrected chi connectivity index (χ2v) is 7.88. The Morgan fingerprint density at radius 2 is 1.96 bits per heavy atom. The number of ether oxygens (including phenoxy) is 1. The van der Waals surface area contributed by atoms with Crippen molar-refractivity contribution in [2.75, 3.05) is 13.2 Å². The van der Waals surface area contributed by atoms with Gasteiger partial charge in [0.1, 0.15) is 18.0 Å². The molecule has 5 heteroatoms. The van der Waals surface area contributed by atoms with E-state index < -0.39 is 0 Å². The van der Waals surface area contributed by atoms with Gasteiger partial charge in [0.25, 0.3) is 6.02 Å². The number of halogens is 1. The summed E-state index contributed by atoms with van der Waals surface area (Å²) in [7, 11) is 0. The van der Waals surface area contributed by atoms with Gasteiger partial charge in [0, 0.05) is 12.6 Å². The zero-order valence-electron chi connectivity index (χ0n) is 15.3. The fourth-order valence-electron chi connectivity index (χ4n) is 4.77. The highest BCUT2D eigenvalue weighted by molar-refractivity contribution is 5.78. The van der Waals surface area contributed by atoms with Gasteiger partial charge in [-0.3, -0.25) is 0 Å². The average molecular weight is 365 g/mol. The second kappa shape index (κ2) is 6.34. The van der Waals surface area contributed by atoms with Crippen LogP contribution in [0, 0.1) is 5.82 Å². The predicted octanol–water partition coefficient (Wildman–Crippen LogP) is 3.41. The number of nitrogens with two attached hydrogens (primary N) is 1. The molecule has 2 aliphatic heterocycles. The van der Waals surface area contributed by atoms with E-state index in [1.165, 1.54) is 23.3 Å². The minimum Gasteiger partial charge on any atom is -0.462 e. The summed E-state index contributed by atoms with van der Waals surface area (Å²) >= 11 is 0. The summed E-state index contributed by atoms with van der Waals surface area (Å²) in [4.78, 5) is 7.24. The van der Waals surface area contributed by atoms with Crippen LogP contribution in [0.25, 0.3) is 0 Å². The third kappa shape index (κ3) is 2.72. The molecule has 0 unspecified atom stereocenters. The van der Waals surface area contributed by atoms with E-state index in [9.17, 15) is 4.39 Å². The van der Waals surface area contributed by atoms with Crippen LogP contribution in [0.15, 0.2) is 53.5 Å². The van der Waals surface area contributed by atoms with Crippen LogP contribution in [0.3, 0.4) is 0 Å². The predicted molar refractivity (Wildman–Crippen MR) is 103 cm³/mol. The maximum Gasteiger partial charge on any atom is 0.288 e. The Labute approximate surface area is 158 Å². The molecule has 0 aromatic heterocycles. The van der Waals surface area contributed by atoms with Gasteiger partial charge in [0.15, 0.2) is 0 Å². The molecule has 2 aromatic rings. The van der Waals surface area contributed by atoms with Crippen molar-refractivity contribution in [1.29, 1.82) is 0 Å². The van der Waals surface area contributed by atoms with Crippen LogP contribution in [-0.2, 0) is 11.2 Å². The topological polar surface area (TPSA) is 50.9 Å². The number of aliphatic imine (C=N–C) groups is 1. The van der Waals surface area contributed by atoms with E-state index in [-0.39, 0.29) is 23.4 Å². The molecule has 27 heavy (non-hydrogen) atoms. The Bertz CT molecular complexity index is 881. The SMILES string of the molecule is N[C@H]1CCC[C@@]12COC(N1CCc3ccccc3[C@@H]1c1ccc(F)cc1)=N2. The number of benzene rings is 2. The lowest BCUT2D eigenvalue weighted by molar-refractivity contribution is 0.197. The van der Waals surface area contributed by atoms with Crippen molar-refractivity contribution in [2.24, 2.45) is 10.7 Å². The van der Waals surface area contributed by atoms with Crippen LogP contribution in [0.1, 0.15) is 42.0 Å². The van der Waals surface area contributed by atoms with Crippen molar-refractivity contribution >= 4 is 6.02 Å². The standard InChI is InChI=1S/C22H24FN3O/c23-17-9-7-16(8-10-17)20-18-5-2-1-4-15(18)11-13-26(20)21-25-22(14-27-21)12-3-6-19(22)24/h1-2,4-5,7-10,19-20H,3,6,11-14,24H2/t19-,20-,22+/m0/s1. The molecule has 2 aromatic carbocycles. The smallest absolute Gasteiger partial charge is 0.288 e. The molecular weight excluding hydrogens is 341 g/mol. The lowest BCUT2D eigenvalue weighted by Crippen LogP contribution is -2.43. The quantitative estimate of drug-likeness (QED) is 0.843. The van der Waals surface area contributed by atoms with Gasteiger partial charge in [-0.15, -0.1) is 0 Å². The summed E-state index contributed by atoms with van der Waals surface area (Å²) in [6.07, 6.45) is 4.04. The minimum absolute atomic E-state index is 0.0259. The van der Waals surface area contributed by atoms with E-state index in [1.54, 1.807) is 0 Å². The van der Waals surface area contributed by atoms with Gasteiger partial charge in [-0.2, -0.15) is 0 Å². The maximum absolute atomic E-state index is 13.5. The molecule has 5 rings (SSSR count). The van der Waals surface area contributed by atoms with E-state index in [1.807, 2.05) is 12.1 Å². The minimum atomic E-state index is -0.264. The fourth-order valence-corrected chi connectivity index (χ4v) is 4.77. The van der Waals surface area contributed by atoms with Gasteiger partial charge < -0.3 is 15.4 Å². The monoisotopic (exact) mass is 365 g/mol. The highest BCUT2D eigenvalue weighted by Crippen LogP contribution is 2.40. The van der Waals surface area contributed by atoms with E-state index in [0.29, 0.717) is 12.6 Å². The van der Waals surface area contributed by atoms with Crippen LogP contribution < -0.4 is 5.73 Å². The summed E-state index contributed by atoms with van der Waals surface area (Å²) in [6, 6.07) is 16.0. The Hall–Kier alpha value is -2.40. The lowest BCUT2D eigenvalue weighted by atomic mass is 9.88. The molecule has 1 aliphatic carbocycles. The van der Waals surface area contributed by atoms with E-state index in [4.69, 9.17) is 15.5 Å². The molecular formula is C22H24FN3O. The van der Waals surface area contributed by atoms with E-state index in [0.717, 1.165) is 37.8 Å². The Morgan fingerprint density at radius 3 is 2.74 bits per heavy atom. The molecule has 3 aliphatic rings. The number of rotatable bonds is 1. The summed E-state index contributed by atoms with van der Waals surface area (Å²) in [5.41, 5.74) is 9.70. The summed E-state index contributed by atoms with van der Waals surface area (Å²) in [5.74, 6) is -0.222. The van der Waals surface area contributed by atoms with Crippen molar-refractivity contribution in [1.82, 2.24) is 4.90 Å². The number of amidine groups is 1. The first-order valence-electron chi connectivity index (χ1n) is 9.74. The van der Waals surface area contributed by atoms with Gasteiger partial charge in [0.05, 0.1) is 6.04 Å². The zero-order valence-corrected chi connectivity index (χ0v) is 15.3. The molecule has 2 heterocycles. The largest absolute Gasteiger partial charge is 0.462 e. The van der Waals surface area contributed by atoms with Crippen LogP contribution in [0.4, 0.5) is 4.39 Å². The van der Waals surface area contributed by atoms with Crippen molar-refractivity contribution in [3.8, 4) is 0 Å². The van der Waals surface area contributed by atoms with Crippen molar-refractivity contribution in [3.63, 3.8) is 0 Å². The number of hydrogen-bond donors (Lipinski definition) is 1. The molecule has 0 radical (unpaired) electrons. The number of nitrogens with zero attached hydrogens (tertiary/aromatic N) is 2. The van der Waals surface area contributed by atoms with Gasteiger partial charge in [0.2, 0.25) is 0 Å². The molecule has 1 fully saturated rings. The first-order valence-corrected chi connectivity index (χ1v) is 9.74. The van der Waals surface area contributed by atoms with Gasteiger partial charge in [-0.1, -0.05) is 36.4 Å². The Balaban J connectivity index is 1.57. The molecule has 2 N–H and O–H groups in total. The third-order valence-electron chi connectivity index (χ3n) is 6.30. The maximum atomic E-state index is 13.5. The fraction of sp³-hybridized carbons (Fsp3) is 0.409. The number of hydrogen-bond acceptors (Lipinski definition) is 4. The molecule has 0 bridgehead atoms. The normalized spacial score (nSPS) is 29.6. The molecule has 0 saturated heterocycles. The third-order valence-corrected chi connectivity index (χ3v) is 6.30. The van der Waals surface area contributed by atoms with Crippen LogP contribution in [0.5, 0.6) is 0 Å². The van der Waals surface area contributed by atoms with Crippen molar-refractivity contribution < 1.29 is 9.13 Å². The zero-order chi connectivity index (χ0) is 18.4. The summed E-state index contributed by atoms with van der Waals surface area (Å²) < 4.78 is 19.6. The first-order chi connectivity index (χ1) is 13.2. The van der Waals surface area contributed by atoms with Gasteiger partial charge in [-0.25, -0.2) is 9.38 Å². The van der Waals surface area contributed by atoms with Crippen LogP contribution >= 0.6 is 0 Å².